The predicted octanol–water partition coefficient (Wildman–Crippen LogP) is 3.77. The first-order valence-electron chi connectivity index (χ1n) is 10.5. The van der Waals surface area contributed by atoms with Gasteiger partial charge in [-0.1, -0.05) is 59.1 Å². The Labute approximate surface area is 183 Å². The topological polar surface area (TPSA) is 63.7 Å². The van der Waals surface area contributed by atoms with Crippen molar-refractivity contribution in [3.63, 3.8) is 0 Å². The largest absolute Gasteiger partial charge is 0.461 e. The Hall–Kier alpha value is -0.430. The highest BCUT2D eigenvalue weighted by molar-refractivity contribution is 9.12. The second kappa shape index (κ2) is 7.68. The molecule has 28 heavy (non-hydrogen) atoms. The van der Waals surface area contributed by atoms with Gasteiger partial charge in [-0.25, -0.2) is 0 Å². The van der Waals surface area contributed by atoms with Crippen molar-refractivity contribution in [2.45, 2.75) is 62.2 Å². The van der Waals surface area contributed by atoms with Crippen LogP contribution in [0.3, 0.4) is 0 Å². The third-order valence-electron chi connectivity index (χ3n) is 7.61. The van der Waals surface area contributed by atoms with E-state index < -0.39 is 5.97 Å². The number of imide groups is 1. The van der Waals surface area contributed by atoms with Crippen LogP contribution in [0.2, 0.25) is 0 Å². The first-order chi connectivity index (χ1) is 13.2. The van der Waals surface area contributed by atoms with Crippen molar-refractivity contribution in [3.05, 3.63) is 0 Å². The predicted molar refractivity (Wildman–Crippen MR) is 112 cm³/mol. The van der Waals surface area contributed by atoms with Gasteiger partial charge in [-0.15, -0.1) is 0 Å². The molecule has 7 heteroatoms. The van der Waals surface area contributed by atoms with Crippen molar-refractivity contribution in [2.24, 2.45) is 41.4 Å². The van der Waals surface area contributed by atoms with Crippen molar-refractivity contribution in [2.75, 3.05) is 6.54 Å². The summed E-state index contributed by atoms with van der Waals surface area (Å²) in [5.74, 6) is 0.312. The molecule has 3 aliphatic carbocycles. The molecule has 0 spiro atoms. The van der Waals surface area contributed by atoms with Gasteiger partial charge in [0.05, 0.1) is 11.8 Å². The zero-order valence-electron chi connectivity index (χ0n) is 16.6. The molecule has 0 aromatic heterocycles. The van der Waals surface area contributed by atoms with E-state index in [9.17, 15) is 14.4 Å². The normalized spacial score (nSPS) is 45.1. The number of nitrogens with zero attached hydrogens (tertiary/aromatic N) is 1. The average molecular weight is 519 g/mol. The van der Waals surface area contributed by atoms with Crippen LogP contribution in [0.4, 0.5) is 0 Å². The van der Waals surface area contributed by atoms with Crippen LogP contribution in [0.15, 0.2) is 0 Å². The summed E-state index contributed by atoms with van der Waals surface area (Å²) in [6.45, 7) is 6.29. The number of hydrogen-bond donors (Lipinski definition) is 0. The van der Waals surface area contributed by atoms with Gasteiger partial charge >= 0.3 is 5.97 Å². The van der Waals surface area contributed by atoms with Crippen LogP contribution in [0.25, 0.3) is 0 Å². The average Bonchev–Trinajstić information content (AvgIpc) is 3.22. The van der Waals surface area contributed by atoms with Crippen molar-refractivity contribution in [3.8, 4) is 0 Å². The monoisotopic (exact) mass is 517 g/mol. The lowest BCUT2D eigenvalue weighted by atomic mass is 9.75. The molecule has 9 atom stereocenters. The molecule has 1 heterocycles. The van der Waals surface area contributed by atoms with Crippen molar-refractivity contribution >= 4 is 49.6 Å². The number of esters is 1. The summed E-state index contributed by atoms with van der Waals surface area (Å²) >= 11 is 7.37. The molecular weight excluding hydrogens is 490 g/mol. The Morgan fingerprint density at radius 3 is 2.18 bits per heavy atom. The van der Waals surface area contributed by atoms with Gasteiger partial charge in [0.1, 0.15) is 12.6 Å². The van der Waals surface area contributed by atoms with Crippen LogP contribution in [-0.2, 0) is 19.1 Å². The number of halogens is 2. The Morgan fingerprint density at radius 1 is 1.07 bits per heavy atom. The Morgan fingerprint density at radius 2 is 1.64 bits per heavy atom. The Bertz CT molecular complexity index is 651. The zero-order valence-corrected chi connectivity index (χ0v) is 19.8. The van der Waals surface area contributed by atoms with Gasteiger partial charge in [0.2, 0.25) is 11.8 Å². The van der Waals surface area contributed by atoms with Crippen LogP contribution < -0.4 is 0 Å². The van der Waals surface area contributed by atoms with E-state index in [0.717, 1.165) is 25.7 Å². The molecule has 0 aromatic rings. The number of carbonyl (C=O) groups excluding carboxylic acids is 3. The third kappa shape index (κ3) is 3.28. The van der Waals surface area contributed by atoms with Crippen LogP contribution in [-0.4, -0.2) is 45.0 Å². The third-order valence-corrected chi connectivity index (χ3v) is 10.8. The lowest BCUT2D eigenvalue weighted by molar-refractivity contribution is -0.162. The number of ether oxygens (including phenoxy) is 1. The van der Waals surface area contributed by atoms with Gasteiger partial charge in [0.25, 0.3) is 0 Å². The summed E-state index contributed by atoms with van der Waals surface area (Å²) in [5.41, 5.74) is 0. The Kier molecular flexibility index (Phi) is 5.71. The molecule has 0 radical (unpaired) electrons. The number of rotatable bonds is 4. The molecule has 2 bridgehead atoms. The highest BCUT2D eigenvalue weighted by Gasteiger charge is 2.66. The van der Waals surface area contributed by atoms with E-state index in [4.69, 9.17) is 4.74 Å². The van der Waals surface area contributed by atoms with E-state index >= 15 is 0 Å². The summed E-state index contributed by atoms with van der Waals surface area (Å²) in [5, 5.41) is 0. The molecule has 4 rings (SSSR count). The molecule has 1 aliphatic heterocycles. The van der Waals surface area contributed by atoms with Gasteiger partial charge in [-0.05, 0) is 48.9 Å². The Balaban J connectivity index is 1.43. The molecule has 3 saturated carbocycles. The van der Waals surface area contributed by atoms with E-state index in [1.165, 1.54) is 4.90 Å². The standard InChI is InChI=1S/C21H29Br2NO4/c1-9(2)11-5-4-10(3)6-14(11)28-15(25)8-24-20(26)16-12-7-13(17(16)21(24)27)19(23)18(12)22/h9-14,16-19H,4-8H2,1-3H3/t10-,11-,12+,13+,14-,16-,17+,18-,19+/m1/s1. The summed E-state index contributed by atoms with van der Waals surface area (Å²) in [4.78, 5) is 40.2. The fraction of sp³-hybridized carbons (Fsp3) is 0.857. The lowest BCUT2D eigenvalue weighted by Crippen LogP contribution is -2.41. The van der Waals surface area contributed by atoms with Gasteiger partial charge < -0.3 is 4.74 Å². The molecule has 0 unspecified atom stereocenters. The fourth-order valence-corrected chi connectivity index (χ4v) is 8.03. The minimum atomic E-state index is -0.440. The number of hydrogen-bond acceptors (Lipinski definition) is 4. The van der Waals surface area contributed by atoms with Crippen LogP contribution >= 0.6 is 31.9 Å². The molecule has 2 amide bonds. The summed E-state index contributed by atoms with van der Waals surface area (Å²) in [6, 6.07) is 0. The smallest absolute Gasteiger partial charge is 0.326 e. The van der Waals surface area contributed by atoms with Gasteiger partial charge in [0.15, 0.2) is 0 Å². The molecule has 156 valence electrons. The molecular formula is C21H29Br2NO4. The lowest BCUT2D eigenvalue weighted by Gasteiger charge is -2.36. The quantitative estimate of drug-likeness (QED) is 0.323. The van der Waals surface area contributed by atoms with E-state index in [2.05, 4.69) is 52.6 Å². The van der Waals surface area contributed by atoms with Crippen molar-refractivity contribution in [1.29, 1.82) is 0 Å². The van der Waals surface area contributed by atoms with E-state index in [-0.39, 0.29) is 57.8 Å². The molecule has 0 aromatic carbocycles. The van der Waals surface area contributed by atoms with E-state index in [0.29, 0.717) is 17.8 Å². The SMILES string of the molecule is CC(C)[C@H]1CC[C@@H](C)C[C@H]1OC(=O)CN1C(=O)[C@@H]2[C@@H]3C[C@H]([C@H](Br)[C@@H]3Br)[C@@H]2C1=O. The van der Waals surface area contributed by atoms with Crippen molar-refractivity contribution < 1.29 is 19.1 Å². The van der Waals surface area contributed by atoms with Crippen LogP contribution in [0, 0.1) is 41.4 Å². The maximum Gasteiger partial charge on any atom is 0.326 e. The molecule has 0 N–H and O–H groups in total. The molecule has 1 saturated heterocycles. The number of fused-ring (bicyclic) bond motifs is 5. The van der Waals surface area contributed by atoms with Crippen molar-refractivity contribution in [1.82, 2.24) is 4.90 Å². The van der Waals surface area contributed by atoms with Gasteiger partial charge in [0, 0.05) is 9.65 Å². The highest BCUT2D eigenvalue weighted by Crippen LogP contribution is 2.60. The number of carbonyl (C=O) groups is 3. The molecule has 4 aliphatic rings. The highest BCUT2D eigenvalue weighted by atomic mass is 79.9. The second-order valence-electron chi connectivity index (χ2n) is 9.62. The summed E-state index contributed by atoms with van der Waals surface area (Å²) in [6.07, 6.45) is 3.87. The second-order valence-corrected chi connectivity index (χ2v) is 11.7. The van der Waals surface area contributed by atoms with Crippen LogP contribution in [0.5, 0.6) is 0 Å². The minimum absolute atomic E-state index is 0.112. The fourth-order valence-electron chi connectivity index (χ4n) is 6.15. The van der Waals surface area contributed by atoms with Gasteiger partial charge in [-0.2, -0.15) is 0 Å². The maximum atomic E-state index is 13.0. The number of likely N-dealkylation sites (tertiary alicyclic amines) is 1. The summed E-state index contributed by atoms with van der Waals surface area (Å²) in [7, 11) is 0. The molecule has 4 fully saturated rings. The van der Waals surface area contributed by atoms with E-state index in [1.54, 1.807) is 0 Å². The van der Waals surface area contributed by atoms with Gasteiger partial charge in [-0.3, -0.25) is 19.3 Å². The first kappa shape index (κ1) is 20.8. The van der Waals surface area contributed by atoms with E-state index in [1.807, 2.05) is 0 Å². The summed E-state index contributed by atoms with van der Waals surface area (Å²) < 4.78 is 5.82. The zero-order chi connectivity index (χ0) is 20.3. The maximum absolute atomic E-state index is 13.0. The number of amides is 2. The minimum Gasteiger partial charge on any atom is -0.461 e. The first-order valence-corrected chi connectivity index (χ1v) is 12.4. The van der Waals surface area contributed by atoms with Crippen LogP contribution in [0.1, 0.15) is 46.5 Å². The molecule has 5 nitrogen and oxygen atoms in total. The number of alkyl halides is 2.